The van der Waals surface area contributed by atoms with Crippen LogP contribution in [0.1, 0.15) is 0 Å². The molecule has 2 aromatic carbocycles. The van der Waals surface area contributed by atoms with Crippen molar-refractivity contribution in [1.29, 1.82) is 0 Å². The summed E-state index contributed by atoms with van der Waals surface area (Å²) in [6.45, 7) is 0. The molecule has 0 aliphatic heterocycles. The summed E-state index contributed by atoms with van der Waals surface area (Å²) < 4.78 is 1.04. The molecule has 3 nitrogen and oxygen atoms in total. The molecule has 0 aliphatic rings. The van der Waals surface area contributed by atoms with Gasteiger partial charge in [0.2, 0.25) is 0 Å². The number of nitrogen functional groups attached to an aromatic ring is 1. The maximum atomic E-state index is 5.91. The molecule has 0 radical (unpaired) electrons. The molecule has 0 saturated heterocycles. The minimum atomic E-state index is 0.471. The fourth-order valence-electron chi connectivity index (χ4n) is 1.85. The Morgan fingerprint density at radius 1 is 0.905 bits per heavy atom. The molecule has 2 N–H and O–H groups in total. The summed E-state index contributed by atoms with van der Waals surface area (Å²) in [5.74, 6) is 1.11. The van der Waals surface area contributed by atoms with Gasteiger partial charge < -0.3 is 5.73 Å². The van der Waals surface area contributed by atoms with Crippen molar-refractivity contribution in [3.8, 4) is 11.4 Å². The molecule has 5 heteroatoms. The fourth-order valence-corrected chi connectivity index (χ4v) is 3.23. The van der Waals surface area contributed by atoms with Gasteiger partial charge in [-0.2, -0.15) is 0 Å². The van der Waals surface area contributed by atoms with E-state index in [4.69, 9.17) is 5.73 Å². The van der Waals surface area contributed by atoms with Crippen molar-refractivity contribution in [2.24, 2.45) is 0 Å². The molecule has 0 spiro atoms. The van der Waals surface area contributed by atoms with Crippen LogP contribution in [-0.4, -0.2) is 9.97 Å². The van der Waals surface area contributed by atoms with E-state index >= 15 is 0 Å². The lowest BCUT2D eigenvalue weighted by Gasteiger charge is -2.07. The lowest BCUT2D eigenvalue weighted by molar-refractivity contribution is 1.06. The third kappa shape index (κ3) is 3.43. The first-order chi connectivity index (χ1) is 10.2. The SMILES string of the molecule is Nc1cc(Sc2ccccc2Br)nc(-c2ccccc2)n1. The van der Waals surface area contributed by atoms with E-state index in [1.165, 1.54) is 0 Å². The fraction of sp³-hybridized carbons (Fsp3) is 0. The van der Waals surface area contributed by atoms with Crippen molar-refractivity contribution < 1.29 is 0 Å². The number of hydrogen-bond donors (Lipinski definition) is 1. The Balaban J connectivity index is 1.97. The molecule has 0 unspecified atom stereocenters. The van der Waals surface area contributed by atoms with Crippen molar-refractivity contribution >= 4 is 33.5 Å². The number of halogens is 1. The number of benzene rings is 2. The lowest BCUT2D eigenvalue weighted by atomic mass is 10.2. The number of hydrogen-bond acceptors (Lipinski definition) is 4. The zero-order valence-corrected chi connectivity index (χ0v) is 13.4. The van der Waals surface area contributed by atoms with Crippen LogP contribution in [0.15, 0.2) is 75.1 Å². The van der Waals surface area contributed by atoms with Crippen LogP contribution in [0.4, 0.5) is 5.82 Å². The van der Waals surface area contributed by atoms with Gasteiger partial charge in [0.1, 0.15) is 10.8 Å². The summed E-state index contributed by atoms with van der Waals surface area (Å²) in [7, 11) is 0. The molecule has 0 aliphatic carbocycles. The summed E-state index contributed by atoms with van der Waals surface area (Å²) >= 11 is 5.10. The highest BCUT2D eigenvalue weighted by molar-refractivity contribution is 9.10. The standard InChI is InChI=1S/C16H12BrN3S/c17-12-8-4-5-9-13(12)21-15-10-14(18)19-16(20-15)11-6-2-1-3-7-11/h1-10H,(H2,18,19,20). The lowest BCUT2D eigenvalue weighted by Crippen LogP contribution is -1.97. The summed E-state index contributed by atoms with van der Waals surface area (Å²) in [6.07, 6.45) is 0. The monoisotopic (exact) mass is 357 g/mol. The van der Waals surface area contributed by atoms with E-state index in [2.05, 4.69) is 25.9 Å². The number of aromatic nitrogens is 2. The third-order valence-corrected chi connectivity index (χ3v) is 4.75. The smallest absolute Gasteiger partial charge is 0.162 e. The molecule has 0 atom stereocenters. The molecule has 1 aromatic heterocycles. The Morgan fingerprint density at radius 3 is 2.38 bits per heavy atom. The van der Waals surface area contributed by atoms with Crippen LogP contribution < -0.4 is 5.73 Å². The van der Waals surface area contributed by atoms with Gasteiger partial charge in [-0.25, -0.2) is 9.97 Å². The van der Waals surface area contributed by atoms with Gasteiger partial charge in [0.25, 0.3) is 0 Å². The van der Waals surface area contributed by atoms with Gasteiger partial charge in [0.05, 0.1) is 0 Å². The van der Waals surface area contributed by atoms with Crippen LogP contribution in [0.5, 0.6) is 0 Å². The molecule has 21 heavy (non-hydrogen) atoms. The van der Waals surface area contributed by atoms with Crippen molar-refractivity contribution in [2.75, 3.05) is 5.73 Å². The number of anilines is 1. The average Bonchev–Trinajstić information content (AvgIpc) is 2.50. The van der Waals surface area contributed by atoms with Gasteiger partial charge in [0, 0.05) is 21.0 Å². The van der Waals surface area contributed by atoms with Gasteiger partial charge in [-0.1, -0.05) is 54.2 Å². The van der Waals surface area contributed by atoms with Crippen LogP contribution in [0.2, 0.25) is 0 Å². The Morgan fingerprint density at radius 2 is 1.62 bits per heavy atom. The molecule has 0 amide bonds. The third-order valence-electron chi connectivity index (χ3n) is 2.81. The van der Waals surface area contributed by atoms with Crippen LogP contribution in [0.25, 0.3) is 11.4 Å². The predicted molar refractivity (Wildman–Crippen MR) is 90.1 cm³/mol. The Bertz CT molecular complexity index is 762. The van der Waals surface area contributed by atoms with Crippen molar-refractivity contribution in [2.45, 2.75) is 9.92 Å². The molecule has 0 bridgehead atoms. The van der Waals surface area contributed by atoms with E-state index < -0.39 is 0 Å². The van der Waals surface area contributed by atoms with Crippen LogP contribution in [0.3, 0.4) is 0 Å². The molecule has 0 fully saturated rings. The van der Waals surface area contributed by atoms with Gasteiger partial charge in [-0.05, 0) is 28.1 Å². The molecule has 0 saturated carbocycles. The van der Waals surface area contributed by atoms with Crippen LogP contribution in [0, 0.1) is 0 Å². The predicted octanol–water partition coefficient (Wildman–Crippen LogP) is 4.64. The molecule has 104 valence electrons. The average molecular weight is 358 g/mol. The van der Waals surface area contributed by atoms with Gasteiger partial charge in [-0.15, -0.1) is 0 Å². The van der Waals surface area contributed by atoms with Crippen LogP contribution >= 0.6 is 27.7 Å². The van der Waals surface area contributed by atoms with Gasteiger partial charge >= 0.3 is 0 Å². The highest BCUT2D eigenvalue weighted by Crippen LogP contribution is 2.33. The van der Waals surface area contributed by atoms with E-state index in [1.54, 1.807) is 17.8 Å². The molecular weight excluding hydrogens is 346 g/mol. The van der Waals surface area contributed by atoms with Crippen molar-refractivity contribution in [3.05, 3.63) is 65.1 Å². The second-order valence-corrected chi connectivity index (χ2v) is 6.27. The Kier molecular flexibility index (Phi) is 4.22. The second kappa shape index (κ2) is 6.28. The number of nitrogens with two attached hydrogens (primary N) is 1. The molecule has 3 aromatic rings. The minimum Gasteiger partial charge on any atom is -0.384 e. The second-order valence-electron chi connectivity index (χ2n) is 4.35. The zero-order valence-electron chi connectivity index (χ0n) is 11.0. The van der Waals surface area contributed by atoms with E-state index in [-0.39, 0.29) is 0 Å². The highest BCUT2D eigenvalue weighted by Gasteiger charge is 2.08. The molecule has 1 heterocycles. The maximum absolute atomic E-state index is 5.91. The van der Waals surface area contributed by atoms with E-state index in [1.807, 2.05) is 54.6 Å². The van der Waals surface area contributed by atoms with Gasteiger partial charge in [0.15, 0.2) is 5.82 Å². The normalized spacial score (nSPS) is 10.5. The first kappa shape index (κ1) is 14.1. The van der Waals surface area contributed by atoms with E-state index in [9.17, 15) is 0 Å². The van der Waals surface area contributed by atoms with Crippen LogP contribution in [-0.2, 0) is 0 Å². The first-order valence-corrected chi connectivity index (χ1v) is 7.96. The summed E-state index contributed by atoms with van der Waals surface area (Å²) in [5.41, 5.74) is 6.87. The zero-order chi connectivity index (χ0) is 14.7. The maximum Gasteiger partial charge on any atom is 0.162 e. The van der Waals surface area contributed by atoms with Crippen molar-refractivity contribution in [3.63, 3.8) is 0 Å². The van der Waals surface area contributed by atoms with E-state index in [0.717, 1.165) is 20.0 Å². The topological polar surface area (TPSA) is 51.8 Å². The highest BCUT2D eigenvalue weighted by atomic mass is 79.9. The summed E-state index contributed by atoms with van der Waals surface area (Å²) in [5, 5.41) is 0.827. The minimum absolute atomic E-state index is 0.471. The number of rotatable bonds is 3. The quantitative estimate of drug-likeness (QED) is 0.693. The largest absolute Gasteiger partial charge is 0.384 e. The molecule has 3 rings (SSSR count). The number of nitrogens with zero attached hydrogens (tertiary/aromatic N) is 2. The first-order valence-electron chi connectivity index (χ1n) is 6.35. The van der Waals surface area contributed by atoms with E-state index in [0.29, 0.717) is 11.6 Å². The summed E-state index contributed by atoms with van der Waals surface area (Å²) in [4.78, 5) is 9.99. The van der Waals surface area contributed by atoms with Crippen molar-refractivity contribution in [1.82, 2.24) is 9.97 Å². The Hall–Kier alpha value is -1.85. The summed E-state index contributed by atoms with van der Waals surface area (Å²) in [6, 6.07) is 19.6. The van der Waals surface area contributed by atoms with Gasteiger partial charge in [-0.3, -0.25) is 0 Å². The molecular formula is C16H12BrN3S. The Labute approximate surface area is 135 Å².